The van der Waals surface area contributed by atoms with Crippen molar-refractivity contribution in [2.75, 3.05) is 53.5 Å². The number of methoxy groups -OCH3 is 1. The largest absolute Gasteiger partial charge is 0.383 e. The van der Waals surface area contributed by atoms with Crippen LogP contribution in [0.4, 0.5) is 0 Å². The van der Waals surface area contributed by atoms with E-state index in [1.165, 1.54) is 33.0 Å². The van der Waals surface area contributed by atoms with Crippen LogP contribution in [0.25, 0.3) is 0 Å². The van der Waals surface area contributed by atoms with Crippen molar-refractivity contribution in [3.8, 4) is 0 Å². The normalized spacial score (nSPS) is 16.6. The average molecular weight is 440 g/mol. The number of likely N-dealkylation sites (tertiary alicyclic amines) is 1. The first-order valence-corrected chi connectivity index (χ1v) is 12.2. The van der Waals surface area contributed by atoms with Gasteiger partial charge in [0.25, 0.3) is 0 Å². The van der Waals surface area contributed by atoms with E-state index in [9.17, 15) is 8.42 Å². The molecule has 1 saturated heterocycles. The number of piperidine rings is 1. The van der Waals surface area contributed by atoms with Gasteiger partial charge in [0.05, 0.1) is 11.5 Å². The van der Waals surface area contributed by atoms with E-state index in [4.69, 9.17) is 4.74 Å². The number of sulfonamides is 1. The van der Waals surface area contributed by atoms with Gasteiger partial charge in [-0.2, -0.15) is 0 Å². The number of hydrogen-bond donors (Lipinski definition) is 3. The zero-order valence-electron chi connectivity index (χ0n) is 18.5. The lowest BCUT2D eigenvalue weighted by atomic mass is 9.99. The predicted octanol–water partition coefficient (Wildman–Crippen LogP) is 1.40. The van der Waals surface area contributed by atoms with Crippen LogP contribution in [0.5, 0.6) is 0 Å². The second kappa shape index (κ2) is 12.9. The summed E-state index contributed by atoms with van der Waals surface area (Å²) in [7, 11) is -0.264. The molecule has 0 unspecified atom stereocenters. The minimum Gasteiger partial charge on any atom is -0.383 e. The highest BCUT2D eigenvalue weighted by Gasteiger charge is 2.15. The maximum Gasteiger partial charge on any atom is 0.240 e. The molecule has 30 heavy (non-hydrogen) atoms. The third-order valence-corrected chi connectivity index (χ3v) is 6.77. The van der Waals surface area contributed by atoms with E-state index < -0.39 is 10.0 Å². The summed E-state index contributed by atoms with van der Waals surface area (Å²) >= 11 is 0. The number of guanidine groups is 1. The van der Waals surface area contributed by atoms with Crippen LogP contribution in [-0.4, -0.2) is 72.8 Å². The first-order chi connectivity index (χ1) is 14.4. The Morgan fingerprint density at radius 2 is 2.00 bits per heavy atom. The second-order valence-electron chi connectivity index (χ2n) is 7.77. The van der Waals surface area contributed by atoms with Crippen LogP contribution in [0.2, 0.25) is 0 Å². The van der Waals surface area contributed by atoms with Crippen LogP contribution in [0, 0.1) is 5.92 Å². The lowest BCUT2D eigenvalue weighted by Crippen LogP contribution is -2.39. The molecule has 170 valence electrons. The molecule has 9 heteroatoms. The second-order valence-corrected chi connectivity index (χ2v) is 9.54. The third-order valence-electron chi connectivity index (χ3n) is 5.31. The number of nitrogens with one attached hydrogen (secondary N) is 3. The van der Waals surface area contributed by atoms with Gasteiger partial charge in [-0.05, 0) is 62.5 Å². The first-order valence-electron chi connectivity index (χ1n) is 10.7. The standard InChI is InChI=1S/C21H37N5O3S/c1-18-8-13-26(14-9-18)12-5-10-23-21(22-2)24-17-19-6-4-7-20(16-19)30(27,28)25-11-15-29-3/h4,6-7,16,18,25H,5,8-15,17H2,1-3H3,(H2,22,23,24). The molecule has 1 fully saturated rings. The van der Waals surface area contributed by atoms with E-state index in [1.807, 2.05) is 6.07 Å². The van der Waals surface area contributed by atoms with Gasteiger partial charge in [-0.15, -0.1) is 0 Å². The van der Waals surface area contributed by atoms with Gasteiger partial charge in [0.15, 0.2) is 5.96 Å². The van der Waals surface area contributed by atoms with Crippen molar-refractivity contribution in [1.29, 1.82) is 0 Å². The van der Waals surface area contributed by atoms with E-state index in [-0.39, 0.29) is 11.4 Å². The van der Waals surface area contributed by atoms with Gasteiger partial charge < -0.3 is 20.3 Å². The molecule has 0 aliphatic carbocycles. The summed E-state index contributed by atoms with van der Waals surface area (Å²) in [6.07, 6.45) is 3.66. The molecule has 1 aromatic rings. The molecule has 1 heterocycles. The van der Waals surface area contributed by atoms with E-state index in [2.05, 4.69) is 32.2 Å². The Morgan fingerprint density at radius 1 is 1.23 bits per heavy atom. The topological polar surface area (TPSA) is 95.1 Å². The van der Waals surface area contributed by atoms with Gasteiger partial charge in [-0.25, -0.2) is 13.1 Å². The Hall–Kier alpha value is -1.68. The quantitative estimate of drug-likeness (QED) is 0.274. The number of ether oxygens (including phenoxy) is 1. The predicted molar refractivity (Wildman–Crippen MR) is 121 cm³/mol. The molecule has 1 aliphatic rings. The highest BCUT2D eigenvalue weighted by molar-refractivity contribution is 7.89. The van der Waals surface area contributed by atoms with Crippen LogP contribution in [-0.2, 0) is 21.3 Å². The summed E-state index contributed by atoms with van der Waals surface area (Å²) in [5.41, 5.74) is 0.870. The van der Waals surface area contributed by atoms with Crippen molar-refractivity contribution in [3.63, 3.8) is 0 Å². The highest BCUT2D eigenvalue weighted by Crippen LogP contribution is 2.15. The van der Waals surface area contributed by atoms with Gasteiger partial charge in [-0.3, -0.25) is 4.99 Å². The lowest BCUT2D eigenvalue weighted by molar-refractivity contribution is 0.191. The fourth-order valence-corrected chi connectivity index (χ4v) is 4.47. The number of rotatable bonds is 11. The van der Waals surface area contributed by atoms with Gasteiger partial charge in [0.1, 0.15) is 0 Å². The van der Waals surface area contributed by atoms with Crippen LogP contribution in [0.15, 0.2) is 34.2 Å². The molecule has 2 rings (SSSR count). The van der Waals surface area contributed by atoms with E-state index in [1.54, 1.807) is 25.2 Å². The summed E-state index contributed by atoms with van der Waals surface area (Å²) in [5, 5.41) is 6.59. The highest BCUT2D eigenvalue weighted by atomic mass is 32.2. The van der Waals surface area contributed by atoms with Crippen molar-refractivity contribution in [2.24, 2.45) is 10.9 Å². The molecule has 1 aromatic carbocycles. The molecular formula is C21H37N5O3S. The Labute approximate surface area is 181 Å². The molecular weight excluding hydrogens is 402 g/mol. The van der Waals surface area contributed by atoms with Crippen molar-refractivity contribution < 1.29 is 13.2 Å². The van der Waals surface area contributed by atoms with Crippen molar-refractivity contribution >= 4 is 16.0 Å². The molecule has 3 N–H and O–H groups in total. The van der Waals surface area contributed by atoms with Crippen molar-refractivity contribution in [2.45, 2.75) is 37.6 Å². The zero-order valence-corrected chi connectivity index (χ0v) is 19.3. The summed E-state index contributed by atoms with van der Waals surface area (Å²) in [6, 6.07) is 6.91. The maximum atomic E-state index is 12.3. The summed E-state index contributed by atoms with van der Waals surface area (Å²) in [6.45, 7) is 7.76. The smallest absolute Gasteiger partial charge is 0.240 e. The average Bonchev–Trinajstić information content (AvgIpc) is 2.75. The van der Waals surface area contributed by atoms with E-state index >= 15 is 0 Å². The van der Waals surface area contributed by atoms with Crippen LogP contribution in [0.1, 0.15) is 31.7 Å². The summed E-state index contributed by atoms with van der Waals surface area (Å²) < 4.78 is 32.1. The minimum absolute atomic E-state index is 0.244. The van der Waals surface area contributed by atoms with Gasteiger partial charge in [0.2, 0.25) is 10.0 Å². The Bertz CT molecular complexity index is 762. The SMILES string of the molecule is CN=C(NCCCN1CCC(C)CC1)NCc1cccc(S(=O)(=O)NCCOC)c1. The van der Waals surface area contributed by atoms with Crippen LogP contribution >= 0.6 is 0 Å². The fourth-order valence-electron chi connectivity index (χ4n) is 3.39. The zero-order chi connectivity index (χ0) is 21.8. The molecule has 0 amide bonds. The van der Waals surface area contributed by atoms with Gasteiger partial charge in [-0.1, -0.05) is 19.1 Å². The monoisotopic (exact) mass is 439 g/mol. The number of aliphatic imine (C=N–C) groups is 1. The maximum absolute atomic E-state index is 12.3. The first kappa shape index (κ1) is 24.6. The Balaban J connectivity index is 1.75. The van der Waals surface area contributed by atoms with Crippen molar-refractivity contribution in [3.05, 3.63) is 29.8 Å². The van der Waals surface area contributed by atoms with Gasteiger partial charge in [0, 0.05) is 33.8 Å². The third kappa shape index (κ3) is 8.59. The van der Waals surface area contributed by atoms with E-state index in [0.717, 1.165) is 31.0 Å². The molecule has 0 aromatic heterocycles. The molecule has 0 atom stereocenters. The Morgan fingerprint density at radius 3 is 2.70 bits per heavy atom. The summed E-state index contributed by atoms with van der Waals surface area (Å²) in [5.74, 6) is 1.57. The minimum atomic E-state index is -3.54. The molecule has 8 nitrogen and oxygen atoms in total. The molecule has 0 spiro atoms. The van der Waals surface area contributed by atoms with E-state index in [0.29, 0.717) is 19.1 Å². The molecule has 0 saturated carbocycles. The Kier molecular flexibility index (Phi) is 10.6. The number of nitrogens with zero attached hydrogens (tertiary/aromatic N) is 2. The van der Waals surface area contributed by atoms with Crippen LogP contribution in [0.3, 0.4) is 0 Å². The van der Waals surface area contributed by atoms with Gasteiger partial charge >= 0.3 is 0 Å². The molecule has 0 bridgehead atoms. The number of hydrogen-bond acceptors (Lipinski definition) is 5. The number of benzene rings is 1. The van der Waals surface area contributed by atoms with Crippen LogP contribution < -0.4 is 15.4 Å². The molecule has 1 aliphatic heterocycles. The fraction of sp³-hybridized carbons (Fsp3) is 0.667. The summed E-state index contributed by atoms with van der Waals surface area (Å²) in [4.78, 5) is 7.03. The molecule has 0 radical (unpaired) electrons. The lowest BCUT2D eigenvalue weighted by Gasteiger charge is -2.30. The van der Waals surface area contributed by atoms with Crippen molar-refractivity contribution in [1.82, 2.24) is 20.3 Å².